The van der Waals surface area contributed by atoms with Gasteiger partial charge in [-0.05, 0) is 12.1 Å². The Morgan fingerprint density at radius 2 is 2.21 bits per heavy atom. The van der Waals surface area contributed by atoms with Crippen molar-refractivity contribution in [3.63, 3.8) is 0 Å². The molecule has 104 valence electrons. The van der Waals surface area contributed by atoms with Gasteiger partial charge in [-0.2, -0.15) is 4.72 Å². The van der Waals surface area contributed by atoms with Crippen LogP contribution in [0.25, 0.3) is 0 Å². The molecule has 1 aromatic rings. The second kappa shape index (κ2) is 6.25. The average Bonchev–Trinajstić information content (AvgIpc) is 2.38. The summed E-state index contributed by atoms with van der Waals surface area (Å²) < 4.78 is 29.9. The summed E-state index contributed by atoms with van der Waals surface area (Å²) >= 11 is 0. The first-order valence-corrected chi connectivity index (χ1v) is 6.57. The van der Waals surface area contributed by atoms with Crippen LogP contribution in [0.2, 0.25) is 0 Å². The van der Waals surface area contributed by atoms with E-state index in [1.807, 2.05) is 4.72 Å². The van der Waals surface area contributed by atoms with Crippen molar-refractivity contribution in [3.05, 3.63) is 24.5 Å². The molecule has 0 fully saturated rings. The number of carboxylic acids is 1. The summed E-state index contributed by atoms with van der Waals surface area (Å²) in [6.45, 7) is 0. The molecule has 1 aromatic heterocycles. The van der Waals surface area contributed by atoms with E-state index < -0.39 is 34.4 Å². The summed E-state index contributed by atoms with van der Waals surface area (Å²) in [6.07, 6.45) is 1.84. The quantitative estimate of drug-likeness (QED) is 0.668. The van der Waals surface area contributed by atoms with Gasteiger partial charge in [0.2, 0.25) is 10.0 Å². The monoisotopic (exact) mass is 288 g/mol. The summed E-state index contributed by atoms with van der Waals surface area (Å²) in [7, 11) is -2.98. The van der Waals surface area contributed by atoms with Gasteiger partial charge in [-0.25, -0.2) is 8.42 Å². The fourth-order valence-electron chi connectivity index (χ4n) is 1.19. The molecule has 0 amide bonds. The maximum Gasteiger partial charge on any atom is 0.322 e. The van der Waals surface area contributed by atoms with Crippen LogP contribution in [0, 0.1) is 0 Å². The molecule has 0 unspecified atom stereocenters. The van der Waals surface area contributed by atoms with Gasteiger partial charge < -0.3 is 9.84 Å². The molecule has 2 N–H and O–H groups in total. The van der Waals surface area contributed by atoms with Gasteiger partial charge in [0.05, 0.1) is 13.5 Å². The zero-order chi connectivity index (χ0) is 14.5. The van der Waals surface area contributed by atoms with Crippen LogP contribution in [0.1, 0.15) is 6.42 Å². The Kier molecular flexibility index (Phi) is 4.95. The highest BCUT2D eigenvalue weighted by Gasteiger charge is 2.28. The Labute approximate surface area is 109 Å². The van der Waals surface area contributed by atoms with Gasteiger partial charge in [-0.1, -0.05) is 0 Å². The van der Waals surface area contributed by atoms with E-state index in [9.17, 15) is 18.0 Å². The summed E-state index contributed by atoms with van der Waals surface area (Å²) in [5, 5.41) is 8.88. The minimum absolute atomic E-state index is 0.189. The molecule has 9 heteroatoms. The third-order valence-electron chi connectivity index (χ3n) is 2.14. The first-order chi connectivity index (χ1) is 8.86. The molecule has 0 saturated heterocycles. The van der Waals surface area contributed by atoms with Crippen LogP contribution >= 0.6 is 0 Å². The largest absolute Gasteiger partial charge is 0.480 e. The summed E-state index contributed by atoms with van der Waals surface area (Å²) in [5.74, 6) is -2.31. The van der Waals surface area contributed by atoms with Crippen LogP contribution in [0.3, 0.4) is 0 Å². The number of carbonyl (C=O) groups is 2. The second-order valence-corrected chi connectivity index (χ2v) is 5.20. The number of ether oxygens (including phenoxy) is 1. The van der Waals surface area contributed by atoms with Crippen LogP contribution in [-0.2, 0) is 24.3 Å². The van der Waals surface area contributed by atoms with Crippen molar-refractivity contribution in [1.29, 1.82) is 0 Å². The van der Waals surface area contributed by atoms with Crippen LogP contribution in [-0.4, -0.2) is 43.6 Å². The zero-order valence-electron chi connectivity index (χ0n) is 9.94. The highest BCUT2D eigenvalue weighted by molar-refractivity contribution is 7.89. The molecule has 0 aliphatic rings. The van der Waals surface area contributed by atoms with Crippen molar-refractivity contribution >= 4 is 22.0 Å². The van der Waals surface area contributed by atoms with E-state index in [4.69, 9.17) is 5.11 Å². The highest BCUT2D eigenvalue weighted by Crippen LogP contribution is 2.08. The molecule has 0 aliphatic heterocycles. The number of aromatic nitrogens is 1. The van der Waals surface area contributed by atoms with Gasteiger partial charge in [-0.15, -0.1) is 0 Å². The van der Waals surface area contributed by atoms with Crippen molar-refractivity contribution in [2.45, 2.75) is 17.4 Å². The van der Waals surface area contributed by atoms with Crippen molar-refractivity contribution in [2.24, 2.45) is 0 Å². The Hall–Kier alpha value is -2.00. The average molecular weight is 288 g/mol. The number of nitrogens with one attached hydrogen (secondary N) is 1. The van der Waals surface area contributed by atoms with Crippen molar-refractivity contribution in [2.75, 3.05) is 7.11 Å². The van der Waals surface area contributed by atoms with Gasteiger partial charge in [0.25, 0.3) is 0 Å². The number of nitrogens with zero attached hydrogens (tertiary/aromatic N) is 1. The van der Waals surface area contributed by atoms with Gasteiger partial charge in [0, 0.05) is 12.4 Å². The third kappa shape index (κ3) is 4.30. The third-order valence-corrected chi connectivity index (χ3v) is 3.60. The molecule has 0 aliphatic carbocycles. The predicted molar refractivity (Wildman–Crippen MR) is 62.6 cm³/mol. The van der Waals surface area contributed by atoms with Crippen molar-refractivity contribution in [1.82, 2.24) is 9.71 Å². The number of aliphatic carboxylic acids is 1. The fraction of sp³-hybridized carbons (Fsp3) is 0.300. The zero-order valence-corrected chi connectivity index (χ0v) is 10.8. The van der Waals surface area contributed by atoms with E-state index in [1.165, 1.54) is 18.3 Å². The molecule has 19 heavy (non-hydrogen) atoms. The van der Waals surface area contributed by atoms with E-state index in [0.717, 1.165) is 13.3 Å². The van der Waals surface area contributed by atoms with Gasteiger partial charge in [0.15, 0.2) is 0 Å². The smallest absolute Gasteiger partial charge is 0.322 e. The lowest BCUT2D eigenvalue weighted by atomic mass is 10.2. The number of methoxy groups -OCH3 is 1. The highest BCUT2D eigenvalue weighted by atomic mass is 32.2. The lowest BCUT2D eigenvalue weighted by Gasteiger charge is -2.13. The standard InChI is InChI=1S/C10H12N2O6S/c1-18-9(13)5-8(10(14)15)12-19(16,17)7-3-2-4-11-6-7/h2-4,6,8,12H,5H2,1H3,(H,14,15)/t8-/m0/s1. The molecular formula is C10H12N2O6S. The van der Waals surface area contributed by atoms with E-state index in [1.54, 1.807) is 0 Å². The second-order valence-electron chi connectivity index (χ2n) is 3.48. The van der Waals surface area contributed by atoms with E-state index in [2.05, 4.69) is 9.72 Å². The Balaban J connectivity index is 2.91. The molecule has 0 radical (unpaired) electrons. The van der Waals surface area contributed by atoms with Crippen LogP contribution in [0.5, 0.6) is 0 Å². The molecular weight excluding hydrogens is 276 g/mol. The molecule has 0 saturated carbocycles. The lowest BCUT2D eigenvalue weighted by Crippen LogP contribution is -2.42. The van der Waals surface area contributed by atoms with E-state index in [0.29, 0.717) is 0 Å². The summed E-state index contributed by atoms with van der Waals surface area (Å²) in [6, 6.07) is 1.05. The summed E-state index contributed by atoms with van der Waals surface area (Å²) in [5.41, 5.74) is 0. The van der Waals surface area contributed by atoms with Crippen molar-refractivity contribution in [3.8, 4) is 0 Å². The van der Waals surface area contributed by atoms with Crippen LogP contribution in [0.15, 0.2) is 29.4 Å². The molecule has 8 nitrogen and oxygen atoms in total. The maximum atomic E-state index is 11.9. The number of pyridine rings is 1. The number of carboxylic acid groups (broad SMARTS) is 1. The van der Waals surface area contributed by atoms with Gasteiger partial charge in [0.1, 0.15) is 10.9 Å². The van der Waals surface area contributed by atoms with Crippen LogP contribution in [0.4, 0.5) is 0 Å². The van der Waals surface area contributed by atoms with Gasteiger partial charge in [-0.3, -0.25) is 14.6 Å². The Morgan fingerprint density at radius 3 is 2.68 bits per heavy atom. The minimum Gasteiger partial charge on any atom is -0.480 e. The van der Waals surface area contributed by atoms with Crippen molar-refractivity contribution < 1.29 is 27.9 Å². The maximum absolute atomic E-state index is 11.9. The number of carbonyl (C=O) groups excluding carboxylic acids is 1. The number of rotatable bonds is 6. The predicted octanol–water partition coefficient (Wildman–Crippen LogP) is -0.624. The molecule has 0 aromatic carbocycles. The first kappa shape index (κ1) is 15.1. The topological polar surface area (TPSA) is 123 Å². The molecule has 0 spiro atoms. The Morgan fingerprint density at radius 1 is 1.53 bits per heavy atom. The SMILES string of the molecule is COC(=O)C[C@H](NS(=O)(=O)c1cccnc1)C(=O)O. The molecule has 1 heterocycles. The van der Waals surface area contributed by atoms with Crippen LogP contribution < -0.4 is 4.72 Å². The number of hydrogen-bond donors (Lipinski definition) is 2. The minimum atomic E-state index is -4.06. The number of sulfonamides is 1. The molecule has 1 rings (SSSR count). The Bertz CT molecular complexity index is 557. The van der Waals surface area contributed by atoms with E-state index in [-0.39, 0.29) is 4.90 Å². The molecule has 1 atom stereocenters. The number of hydrogen-bond acceptors (Lipinski definition) is 6. The molecule has 0 bridgehead atoms. The number of esters is 1. The first-order valence-electron chi connectivity index (χ1n) is 5.09. The summed E-state index contributed by atoms with van der Waals surface area (Å²) in [4.78, 5) is 25.4. The normalized spacial score (nSPS) is 12.7. The lowest BCUT2D eigenvalue weighted by molar-refractivity contribution is -0.147. The fourth-order valence-corrected chi connectivity index (χ4v) is 2.34. The van der Waals surface area contributed by atoms with E-state index >= 15 is 0 Å². The van der Waals surface area contributed by atoms with Gasteiger partial charge >= 0.3 is 11.9 Å².